The molecule has 2 N–H and O–H groups in total. The van der Waals surface area contributed by atoms with Gasteiger partial charge in [-0.2, -0.15) is 0 Å². The molecule has 1 aliphatic carbocycles. The summed E-state index contributed by atoms with van der Waals surface area (Å²) in [5.41, 5.74) is -1.02. The van der Waals surface area contributed by atoms with Crippen LogP contribution in [0.5, 0.6) is 0 Å². The van der Waals surface area contributed by atoms with Crippen molar-refractivity contribution in [2.75, 3.05) is 0 Å². The molecule has 5 heteroatoms. The lowest BCUT2D eigenvalue weighted by molar-refractivity contribution is -0.148. The number of carbonyl (C=O) groups excluding carboxylic acids is 3. The molecule has 0 radical (unpaired) electrons. The highest BCUT2D eigenvalue weighted by atomic mass is 16.2. The molecule has 5 nitrogen and oxygen atoms in total. The van der Waals surface area contributed by atoms with E-state index in [1.54, 1.807) is 0 Å². The third-order valence-corrected chi connectivity index (χ3v) is 3.87. The first kappa shape index (κ1) is 11.1. The molecule has 0 aromatic heterocycles. The van der Waals surface area contributed by atoms with Crippen LogP contribution < -0.4 is 10.6 Å². The van der Waals surface area contributed by atoms with Crippen LogP contribution in [0.25, 0.3) is 0 Å². The van der Waals surface area contributed by atoms with Gasteiger partial charge in [-0.25, -0.2) is 4.79 Å². The molecule has 0 unspecified atom stereocenters. The predicted molar refractivity (Wildman–Crippen MR) is 56.4 cm³/mol. The summed E-state index contributed by atoms with van der Waals surface area (Å²) >= 11 is 0. The summed E-state index contributed by atoms with van der Waals surface area (Å²) < 4.78 is 0. The fourth-order valence-electron chi connectivity index (χ4n) is 2.96. The first-order valence-electron chi connectivity index (χ1n) is 5.78. The second-order valence-electron chi connectivity index (χ2n) is 4.54. The molecule has 1 saturated heterocycles. The maximum Gasteiger partial charge on any atom is 0.328 e. The summed E-state index contributed by atoms with van der Waals surface area (Å²) in [6, 6.07) is -0.697. The first-order chi connectivity index (χ1) is 7.61. The Balaban J connectivity index is 2.33. The smallest absolute Gasteiger partial charge is 0.277 e. The first-order valence-corrected chi connectivity index (χ1v) is 5.78. The summed E-state index contributed by atoms with van der Waals surface area (Å²) in [5.74, 6) is -0.767. The lowest BCUT2D eigenvalue weighted by Crippen LogP contribution is -2.64. The molecule has 1 saturated carbocycles. The lowest BCUT2D eigenvalue weighted by Gasteiger charge is -2.37. The van der Waals surface area contributed by atoms with E-state index in [4.69, 9.17) is 0 Å². The van der Waals surface area contributed by atoms with Crippen molar-refractivity contribution in [3.63, 3.8) is 0 Å². The molecule has 16 heavy (non-hydrogen) atoms. The average Bonchev–Trinajstić information content (AvgIpc) is 2.71. The van der Waals surface area contributed by atoms with E-state index in [9.17, 15) is 14.4 Å². The highest BCUT2D eigenvalue weighted by Crippen LogP contribution is 2.43. The van der Waals surface area contributed by atoms with Crippen LogP contribution in [0.3, 0.4) is 0 Å². The molecule has 0 aromatic carbocycles. The number of hydrogen-bond acceptors (Lipinski definition) is 3. The van der Waals surface area contributed by atoms with Gasteiger partial charge in [-0.3, -0.25) is 20.2 Å². The standard InChI is InChI=1S/C11H16N2O3/c1-2-11(7-5-3-4-6-7)8(14)12-10(16)13-9(11)15/h7H,2-6H2,1H3,(H2,12,13,14,15,16). The average molecular weight is 224 g/mol. The van der Waals surface area contributed by atoms with Crippen LogP contribution in [-0.4, -0.2) is 17.8 Å². The van der Waals surface area contributed by atoms with Crippen LogP contribution >= 0.6 is 0 Å². The molecule has 2 rings (SSSR count). The van der Waals surface area contributed by atoms with Crippen molar-refractivity contribution >= 4 is 17.8 Å². The summed E-state index contributed by atoms with van der Waals surface area (Å²) in [6.45, 7) is 1.83. The SMILES string of the molecule is CCC1(C2CCCC2)C(=O)NC(=O)NC1=O. The van der Waals surface area contributed by atoms with Gasteiger partial charge in [0.15, 0.2) is 0 Å². The maximum atomic E-state index is 12.0. The van der Waals surface area contributed by atoms with Gasteiger partial charge in [-0.05, 0) is 25.2 Å². The van der Waals surface area contributed by atoms with Gasteiger partial charge in [0.05, 0.1) is 0 Å². The van der Waals surface area contributed by atoms with E-state index in [-0.39, 0.29) is 5.92 Å². The largest absolute Gasteiger partial charge is 0.328 e. The van der Waals surface area contributed by atoms with E-state index >= 15 is 0 Å². The van der Waals surface area contributed by atoms with Crippen molar-refractivity contribution in [3.8, 4) is 0 Å². The molecule has 0 spiro atoms. The molecule has 4 amide bonds. The maximum absolute atomic E-state index is 12.0. The molecule has 2 aliphatic rings. The van der Waals surface area contributed by atoms with E-state index in [0.717, 1.165) is 25.7 Å². The number of urea groups is 1. The van der Waals surface area contributed by atoms with Crippen molar-refractivity contribution in [3.05, 3.63) is 0 Å². The Hall–Kier alpha value is -1.39. The van der Waals surface area contributed by atoms with E-state index in [0.29, 0.717) is 6.42 Å². The molecular weight excluding hydrogens is 208 g/mol. The van der Waals surface area contributed by atoms with Crippen LogP contribution in [0.1, 0.15) is 39.0 Å². The van der Waals surface area contributed by atoms with Crippen LogP contribution in [0.15, 0.2) is 0 Å². The number of rotatable bonds is 2. The monoisotopic (exact) mass is 224 g/mol. The molecule has 1 aliphatic heterocycles. The van der Waals surface area contributed by atoms with Gasteiger partial charge in [-0.1, -0.05) is 19.8 Å². The molecule has 0 atom stereocenters. The summed E-state index contributed by atoms with van der Waals surface area (Å²) in [7, 11) is 0. The van der Waals surface area contributed by atoms with Crippen molar-refractivity contribution in [2.24, 2.45) is 11.3 Å². The minimum absolute atomic E-state index is 0.0746. The van der Waals surface area contributed by atoms with E-state index in [1.165, 1.54) is 0 Å². The van der Waals surface area contributed by atoms with Crippen LogP contribution in [0.2, 0.25) is 0 Å². The fourth-order valence-corrected chi connectivity index (χ4v) is 2.96. The van der Waals surface area contributed by atoms with Crippen molar-refractivity contribution in [1.29, 1.82) is 0 Å². The van der Waals surface area contributed by atoms with Gasteiger partial charge in [-0.15, -0.1) is 0 Å². The molecular formula is C11H16N2O3. The topological polar surface area (TPSA) is 75.3 Å². The Morgan fingerprint density at radius 2 is 1.62 bits per heavy atom. The number of carbonyl (C=O) groups is 3. The number of imide groups is 2. The Bertz CT molecular complexity index is 325. The summed E-state index contributed by atoms with van der Waals surface area (Å²) in [6.07, 6.45) is 4.34. The molecule has 2 fully saturated rings. The Morgan fingerprint density at radius 3 is 2.06 bits per heavy atom. The van der Waals surface area contributed by atoms with Crippen LogP contribution in [0, 0.1) is 11.3 Å². The van der Waals surface area contributed by atoms with E-state index < -0.39 is 23.3 Å². The fraction of sp³-hybridized carbons (Fsp3) is 0.727. The Morgan fingerprint density at radius 1 is 1.12 bits per heavy atom. The van der Waals surface area contributed by atoms with Crippen molar-refractivity contribution in [2.45, 2.75) is 39.0 Å². The molecule has 88 valence electrons. The van der Waals surface area contributed by atoms with E-state index in [2.05, 4.69) is 10.6 Å². The minimum Gasteiger partial charge on any atom is -0.277 e. The van der Waals surface area contributed by atoms with Crippen LogP contribution in [-0.2, 0) is 9.59 Å². The van der Waals surface area contributed by atoms with Gasteiger partial charge in [0.1, 0.15) is 5.41 Å². The van der Waals surface area contributed by atoms with Gasteiger partial charge in [0.2, 0.25) is 11.8 Å². The third kappa shape index (κ3) is 1.42. The number of nitrogens with one attached hydrogen (secondary N) is 2. The normalized spacial score (nSPS) is 25.4. The second kappa shape index (κ2) is 3.88. The Kier molecular flexibility index (Phi) is 2.69. The zero-order chi connectivity index (χ0) is 11.8. The number of hydrogen-bond donors (Lipinski definition) is 2. The van der Waals surface area contributed by atoms with Gasteiger partial charge in [0, 0.05) is 0 Å². The quantitative estimate of drug-likeness (QED) is 0.685. The zero-order valence-corrected chi connectivity index (χ0v) is 9.34. The summed E-state index contributed by atoms with van der Waals surface area (Å²) in [5, 5.41) is 4.44. The molecule has 1 heterocycles. The van der Waals surface area contributed by atoms with Gasteiger partial charge >= 0.3 is 6.03 Å². The van der Waals surface area contributed by atoms with Crippen LogP contribution in [0.4, 0.5) is 4.79 Å². The highest BCUT2D eigenvalue weighted by molar-refractivity contribution is 6.19. The molecule has 0 aromatic rings. The minimum atomic E-state index is -1.02. The second-order valence-corrected chi connectivity index (χ2v) is 4.54. The third-order valence-electron chi connectivity index (χ3n) is 3.87. The predicted octanol–water partition coefficient (Wildman–Crippen LogP) is 0.939. The highest BCUT2D eigenvalue weighted by Gasteiger charge is 2.54. The van der Waals surface area contributed by atoms with Crippen molar-refractivity contribution in [1.82, 2.24) is 10.6 Å². The molecule has 0 bridgehead atoms. The number of amides is 4. The zero-order valence-electron chi connectivity index (χ0n) is 9.34. The lowest BCUT2D eigenvalue weighted by atomic mass is 9.70. The van der Waals surface area contributed by atoms with Gasteiger partial charge in [0.25, 0.3) is 0 Å². The number of barbiturate groups is 1. The van der Waals surface area contributed by atoms with Gasteiger partial charge < -0.3 is 0 Å². The van der Waals surface area contributed by atoms with E-state index in [1.807, 2.05) is 6.92 Å². The summed E-state index contributed by atoms with van der Waals surface area (Å²) in [4.78, 5) is 35.0. The van der Waals surface area contributed by atoms with Crippen molar-refractivity contribution < 1.29 is 14.4 Å². The Labute approximate surface area is 94.0 Å².